The maximum absolute atomic E-state index is 14.5. The number of hydrogen-bond acceptors (Lipinski definition) is 5. The minimum Gasteiger partial charge on any atom is -0.459 e. The monoisotopic (exact) mass is 448 g/mol. The van der Waals surface area contributed by atoms with Gasteiger partial charge in [-0.25, -0.2) is 18.4 Å². The van der Waals surface area contributed by atoms with Crippen LogP contribution in [0.15, 0.2) is 98.5 Å². The minimum atomic E-state index is -0.678. The van der Waals surface area contributed by atoms with E-state index in [1.807, 2.05) is 0 Å². The Morgan fingerprint density at radius 2 is 1.39 bits per heavy atom. The van der Waals surface area contributed by atoms with Crippen LogP contribution in [0.1, 0.15) is 0 Å². The van der Waals surface area contributed by atoms with Crippen molar-refractivity contribution in [3.8, 4) is 33.8 Å². The molecule has 3 aromatic rings. The Bertz CT molecular complexity index is 1230. The molecular weight excluding hydrogens is 430 g/mol. The summed E-state index contributed by atoms with van der Waals surface area (Å²) in [6.07, 6.45) is 3.98. The summed E-state index contributed by atoms with van der Waals surface area (Å²) >= 11 is 0. The Morgan fingerprint density at radius 1 is 0.727 bits per heavy atom. The van der Waals surface area contributed by atoms with Crippen LogP contribution in [0, 0.1) is 11.6 Å². The number of hydrogen-bond donors (Lipinski definition) is 0. The molecule has 0 N–H and O–H groups in total. The van der Waals surface area contributed by atoms with E-state index in [2.05, 4.69) is 17.9 Å². The van der Waals surface area contributed by atoms with Crippen molar-refractivity contribution in [1.82, 2.24) is 0 Å². The molecule has 0 unspecified atom stereocenters. The van der Waals surface area contributed by atoms with E-state index in [-0.39, 0.29) is 11.5 Å². The molecule has 5 nitrogen and oxygen atoms in total. The highest BCUT2D eigenvalue weighted by molar-refractivity contribution is 5.83. The Labute approximate surface area is 188 Å². The third-order valence-electron chi connectivity index (χ3n) is 4.39. The van der Waals surface area contributed by atoms with E-state index < -0.39 is 23.6 Å². The van der Waals surface area contributed by atoms with Crippen LogP contribution in [0.5, 0.6) is 11.5 Å². The van der Waals surface area contributed by atoms with Gasteiger partial charge in [-0.3, -0.25) is 0 Å². The lowest BCUT2D eigenvalue weighted by Crippen LogP contribution is -2.03. The van der Waals surface area contributed by atoms with Gasteiger partial charge in [0.15, 0.2) is 11.6 Å². The lowest BCUT2D eigenvalue weighted by molar-refractivity contribution is -0.132. The van der Waals surface area contributed by atoms with Crippen molar-refractivity contribution in [2.24, 2.45) is 0 Å². The molecule has 166 valence electrons. The summed E-state index contributed by atoms with van der Waals surface area (Å²) < 4.78 is 43.5. The lowest BCUT2D eigenvalue weighted by Gasteiger charge is -2.09. The summed E-state index contributed by atoms with van der Waals surface area (Å²) in [6, 6.07) is 15.3. The molecule has 0 aliphatic rings. The van der Waals surface area contributed by atoms with Crippen molar-refractivity contribution in [2.75, 3.05) is 0 Å². The minimum absolute atomic E-state index is 0.0550. The number of carbonyl (C=O) groups is 2. The number of ether oxygens (including phenoxy) is 3. The van der Waals surface area contributed by atoms with E-state index in [1.54, 1.807) is 30.3 Å². The molecule has 0 aliphatic carbocycles. The summed E-state index contributed by atoms with van der Waals surface area (Å²) in [5.74, 6) is -2.50. The van der Waals surface area contributed by atoms with Crippen molar-refractivity contribution < 1.29 is 32.6 Å². The van der Waals surface area contributed by atoms with Crippen LogP contribution in [0.3, 0.4) is 0 Å². The Balaban J connectivity index is 1.73. The molecule has 33 heavy (non-hydrogen) atoms. The Morgan fingerprint density at radius 3 is 2.03 bits per heavy atom. The van der Waals surface area contributed by atoms with Gasteiger partial charge in [0.1, 0.15) is 24.1 Å². The van der Waals surface area contributed by atoms with Gasteiger partial charge >= 0.3 is 11.9 Å². The average molecular weight is 448 g/mol. The molecule has 0 saturated carbocycles. The normalized spacial score (nSPS) is 10.5. The zero-order chi connectivity index (χ0) is 23.8. The van der Waals surface area contributed by atoms with Gasteiger partial charge < -0.3 is 14.2 Å². The van der Waals surface area contributed by atoms with Gasteiger partial charge in [-0.1, -0.05) is 43.5 Å². The third kappa shape index (κ3) is 6.01. The van der Waals surface area contributed by atoms with E-state index in [1.165, 1.54) is 24.3 Å². The zero-order valence-corrected chi connectivity index (χ0v) is 17.3. The summed E-state index contributed by atoms with van der Waals surface area (Å²) in [4.78, 5) is 22.2. The number of carbonyl (C=O) groups excluding carboxylic acids is 2. The first kappa shape index (κ1) is 23.1. The molecule has 3 rings (SSSR count). The van der Waals surface area contributed by atoms with Gasteiger partial charge in [-0.15, -0.1) is 0 Å². The molecule has 3 aromatic carbocycles. The maximum atomic E-state index is 14.5. The van der Waals surface area contributed by atoms with Crippen molar-refractivity contribution in [2.45, 2.75) is 0 Å². The molecule has 0 bridgehead atoms. The molecule has 0 amide bonds. The van der Waals surface area contributed by atoms with Gasteiger partial charge in [-0.05, 0) is 41.0 Å². The van der Waals surface area contributed by atoms with Gasteiger partial charge in [-0.2, -0.15) is 0 Å². The Hall–Kier alpha value is -4.52. The maximum Gasteiger partial charge on any atom is 0.335 e. The molecule has 0 saturated heterocycles. The van der Waals surface area contributed by atoms with Crippen molar-refractivity contribution in [1.29, 1.82) is 0 Å². The van der Waals surface area contributed by atoms with E-state index in [4.69, 9.17) is 9.47 Å². The number of rotatable bonds is 8. The quantitative estimate of drug-likeness (QED) is 0.184. The number of esters is 2. The topological polar surface area (TPSA) is 61.8 Å². The molecule has 0 heterocycles. The van der Waals surface area contributed by atoms with E-state index in [0.717, 1.165) is 30.7 Å². The highest BCUT2D eigenvalue weighted by Gasteiger charge is 2.10. The lowest BCUT2D eigenvalue weighted by atomic mass is 10.00. The first-order chi connectivity index (χ1) is 15.9. The molecule has 0 aromatic heterocycles. The molecular formula is C26H18F2O5. The molecule has 0 spiro atoms. The third-order valence-corrected chi connectivity index (χ3v) is 4.39. The molecule has 0 aliphatic heterocycles. The predicted molar refractivity (Wildman–Crippen MR) is 119 cm³/mol. The molecule has 0 radical (unpaired) electrons. The van der Waals surface area contributed by atoms with E-state index in [0.29, 0.717) is 22.3 Å². The predicted octanol–water partition coefficient (Wildman–Crippen LogP) is 5.97. The van der Waals surface area contributed by atoms with Crippen molar-refractivity contribution in [3.63, 3.8) is 0 Å². The van der Waals surface area contributed by atoms with Crippen LogP contribution in [0.4, 0.5) is 8.78 Å². The largest absolute Gasteiger partial charge is 0.459 e. The van der Waals surface area contributed by atoms with Crippen LogP contribution in [-0.4, -0.2) is 11.9 Å². The second kappa shape index (κ2) is 10.7. The van der Waals surface area contributed by atoms with E-state index >= 15 is 0 Å². The first-order valence-corrected chi connectivity index (χ1v) is 9.60. The van der Waals surface area contributed by atoms with Gasteiger partial charge in [0.25, 0.3) is 0 Å². The summed E-state index contributed by atoms with van der Waals surface area (Å²) in [5.41, 5.74) is 2.20. The molecule has 0 atom stereocenters. The van der Waals surface area contributed by atoms with Crippen LogP contribution in [0.2, 0.25) is 0 Å². The standard InChI is InChI=1S/C26H18F2O5/c1-3-25(29)32-14-13-31-24-12-9-19(15-23(24)28)17-5-7-18(8-6-17)21-11-10-20(16-22(21)27)33-26(30)4-2/h3-16H,1-2H2. The summed E-state index contributed by atoms with van der Waals surface area (Å²) in [6.45, 7) is 6.54. The highest BCUT2D eigenvalue weighted by Crippen LogP contribution is 2.30. The number of halogens is 2. The fourth-order valence-electron chi connectivity index (χ4n) is 2.81. The summed E-state index contributed by atoms with van der Waals surface area (Å²) in [7, 11) is 0. The van der Waals surface area contributed by atoms with Crippen molar-refractivity contribution >= 4 is 11.9 Å². The van der Waals surface area contributed by atoms with Gasteiger partial charge in [0.05, 0.1) is 0 Å². The second-order valence-electron chi connectivity index (χ2n) is 6.52. The van der Waals surface area contributed by atoms with Crippen LogP contribution >= 0.6 is 0 Å². The smallest absolute Gasteiger partial charge is 0.335 e. The van der Waals surface area contributed by atoms with Crippen LogP contribution < -0.4 is 9.47 Å². The first-order valence-electron chi connectivity index (χ1n) is 9.60. The molecule has 7 heteroatoms. The average Bonchev–Trinajstić information content (AvgIpc) is 2.82. The fourth-order valence-corrected chi connectivity index (χ4v) is 2.81. The van der Waals surface area contributed by atoms with E-state index in [9.17, 15) is 18.4 Å². The SMILES string of the molecule is C=CC(=O)OC=COc1ccc(-c2ccc(-c3ccc(OC(=O)C=C)cc3F)cc2)cc1F. The Kier molecular flexibility index (Phi) is 7.49. The fraction of sp³-hybridized carbons (Fsp3) is 0. The van der Waals surface area contributed by atoms with Crippen LogP contribution in [0.25, 0.3) is 22.3 Å². The molecule has 0 fully saturated rings. The highest BCUT2D eigenvalue weighted by atomic mass is 19.1. The van der Waals surface area contributed by atoms with Crippen LogP contribution in [-0.2, 0) is 14.3 Å². The van der Waals surface area contributed by atoms with Gasteiger partial charge in [0.2, 0.25) is 0 Å². The second-order valence-corrected chi connectivity index (χ2v) is 6.52. The summed E-state index contributed by atoms with van der Waals surface area (Å²) in [5, 5.41) is 0. The number of benzene rings is 3. The zero-order valence-electron chi connectivity index (χ0n) is 17.3. The van der Waals surface area contributed by atoms with Gasteiger partial charge in [0, 0.05) is 23.8 Å². The van der Waals surface area contributed by atoms with Crippen molar-refractivity contribution in [3.05, 3.63) is 110 Å².